The molecule has 5 aromatic rings. The van der Waals surface area contributed by atoms with E-state index < -0.39 is 5.25 Å². The molecule has 2 N–H and O–H groups in total. The van der Waals surface area contributed by atoms with Crippen molar-refractivity contribution in [2.24, 2.45) is 0 Å². The third kappa shape index (κ3) is 6.57. The van der Waals surface area contributed by atoms with Gasteiger partial charge in [0.05, 0.1) is 5.69 Å². The van der Waals surface area contributed by atoms with Crippen molar-refractivity contribution in [3.8, 4) is 11.3 Å². The van der Waals surface area contributed by atoms with Gasteiger partial charge in [0.25, 0.3) is 5.91 Å². The molecule has 0 aliphatic carbocycles. The Morgan fingerprint density at radius 2 is 1.54 bits per heavy atom. The molecule has 1 unspecified atom stereocenters. The lowest BCUT2D eigenvalue weighted by molar-refractivity contribution is -0.115. The summed E-state index contributed by atoms with van der Waals surface area (Å²) >= 11 is 9.11. The summed E-state index contributed by atoms with van der Waals surface area (Å²) in [5.74, 6) is -0.335. The van der Waals surface area contributed by atoms with Crippen molar-refractivity contribution in [3.05, 3.63) is 130 Å². The zero-order valence-corrected chi connectivity index (χ0v) is 23.3. The highest BCUT2D eigenvalue weighted by Crippen LogP contribution is 2.37. The minimum atomic E-state index is -0.508. The largest absolute Gasteiger partial charge is 0.322 e. The number of nitrogens with zero attached hydrogens (tertiary/aromatic N) is 1. The van der Waals surface area contributed by atoms with E-state index in [0.717, 1.165) is 21.6 Å². The maximum atomic E-state index is 13.5. The number of carbonyl (C=O) groups is 2. The van der Waals surface area contributed by atoms with Crippen LogP contribution in [0.5, 0.6) is 0 Å². The van der Waals surface area contributed by atoms with E-state index in [1.165, 1.54) is 23.1 Å². The molecule has 1 atom stereocenters. The number of benzene rings is 4. The molecule has 0 radical (unpaired) electrons. The number of thioether (sulfide) groups is 1. The van der Waals surface area contributed by atoms with Gasteiger partial charge in [-0.25, -0.2) is 4.98 Å². The van der Waals surface area contributed by atoms with Crippen LogP contribution in [0.1, 0.15) is 26.7 Å². The van der Waals surface area contributed by atoms with Crippen molar-refractivity contribution < 1.29 is 9.59 Å². The molecule has 0 aliphatic rings. The van der Waals surface area contributed by atoms with E-state index in [4.69, 9.17) is 11.6 Å². The summed E-state index contributed by atoms with van der Waals surface area (Å²) in [6.07, 6.45) is 0. The van der Waals surface area contributed by atoms with Gasteiger partial charge in [-0.05, 0) is 54.4 Å². The normalized spacial score (nSPS) is 11.5. The molecule has 5 rings (SSSR count). The smallest absolute Gasteiger partial charge is 0.255 e. The van der Waals surface area contributed by atoms with Crippen LogP contribution in [0.2, 0.25) is 5.02 Å². The molecule has 0 fully saturated rings. The average Bonchev–Trinajstić information content (AvgIpc) is 3.41. The van der Waals surface area contributed by atoms with E-state index in [9.17, 15) is 9.59 Å². The number of nitrogens with one attached hydrogen (secondary N) is 2. The second-order valence-corrected chi connectivity index (χ2v) is 11.2. The van der Waals surface area contributed by atoms with Gasteiger partial charge in [0.1, 0.15) is 5.25 Å². The second-order valence-electron chi connectivity index (χ2n) is 8.71. The van der Waals surface area contributed by atoms with Crippen LogP contribution in [0.25, 0.3) is 11.3 Å². The Morgan fingerprint density at radius 1 is 0.846 bits per heavy atom. The Bertz CT molecular complexity index is 1600. The summed E-state index contributed by atoms with van der Waals surface area (Å²) in [4.78, 5) is 31.6. The first-order valence-corrected chi connectivity index (χ1v) is 14.3. The number of carbonyl (C=O) groups excluding carboxylic acids is 2. The van der Waals surface area contributed by atoms with Crippen molar-refractivity contribution >= 4 is 57.3 Å². The fourth-order valence-electron chi connectivity index (χ4n) is 3.97. The van der Waals surface area contributed by atoms with Crippen LogP contribution < -0.4 is 10.6 Å². The standard InChI is InChI=1S/C31H24ClN3O2S2/c1-20-9-5-6-12-24(20)29(36)33-22-15-17-23(18-16-22)39-28(21-10-3-2-4-11-21)30(37)35-31-34-27(19-38-31)25-13-7-8-14-26(25)32/h2-19,28H,1H3,(H,33,36)(H,34,35,37). The van der Waals surface area contributed by atoms with Crippen LogP contribution in [-0.4, -0.2) is 16.8 Å². The molecule has 0 saturated carbocycles. The third-order valence-corrected chi connectivity index (χ3v) is 8.33. The Labute approximate surface area is 240 Å². The van der Waals surface area contributed by atoms with E-state index in [1.807, 2.05) is 109 Å². The second kappa shape index (κ2) is 12.3. The monoisotopic (exact) mass is 569 g/mol. The molecule has 1 aromatic heterocycles. The minimum absolute atomic E-state index is 0.158. The number of anilines is 2. The van der Waals surface area contributed by atoms with Crippen LogP contribution in [-0.2, 0) is 4.79 Å². The van der Waals surface area contributed by atoms with Gasteiger partial charge in [-0.15, -0.1) is 23.1 Å². The molecule has 1 heterocycles. The Morgan fingerprint density at radius 3 is 2.28 bits per heavy atom. The average molecular weight is 570 g/mol. The number of aromatic nitrogens is 1. The van der Waals surface area contributed by atoms with Crippen molar-refractivity contribution in [1.29, 1.82) is 0 Å². The topological polar surface area (TPSA) is 71.1 Å². The first kappa shape index (κ1) is 26.7. The van der Waals surface area contributed by atoms with E-state index in [2.05, 4.69) is 15.6 Å². The molecule has 0 spiro atoms. The Balaban J connectivity index is 1.31. The van der Waals surface area contributed by atoms with Gasteiger partial charge in [0, 0.05) is 32.1 Å². The van der Waals surface area contributed by atoms with Gasteiger partial charge in [-0.2, -0.15) is 0 Å². The van der Waals surface area contributed by atoms with Crippen molar-refractivity contribution in [2.45, 2.75) is 17.1 Å². The quantitative estimate of drug-likeness (QED) is 0.184. The van der Waals surface area contributed by atoms with Crippen LogP contribution in [0, 0.1) is 6.92 Å². The highest BCUT2D eigenvalue weighted by molar-refractivity contribution is 8.00. The first-order valence-electron chi connectivity index (χ1n) is 12.2. The van der Waals surface area contributed by atoms with Crippen molar-refractivity contribution in [2.75, 3.05) is 10.6 Å². The van der Waals surface area contributed by atoms with E-state index in [1.54, 1.807) is 6.07 Å². The predicted molar refractivity (Wildman–Crippen MR) is 162 cm³/mol. The lowest BCUT2D eigenvalue weighted by Gasteiger charge is -2.16. The fourth-order valence-corrected chi connectivity index (χ4v) is 5.95. The Kier molecular flexibility index (Phi) is 8.42. The molecule has 0 bridgehead atoms. The van der Waals surface area contributed by atoms with Gasteiger partial charge < -0.3 is 10.6 Å². The highest BCUT2D eigenvalue weighted by Gasteiger charge is 2.23. The van der Waals surface area contributed by atoms with Gasteiger partial charge in [0.15, 0.2) is 5.13 Å². The molecule has 4 aromatic carbocycles. The number of halogens is 1. The lowest BCUT2D eigenvalue weighted by atomic mass is 10.1. The SMILES string of the molecule is Cc1ccccc1C(=O)Nc1ccc(SC(C(=O)Nc2nc(-c3ccccc3Cl)cs2)c2ccccc2)cc1. The molecule has 8 heteroatoms. The predicted octanol–water partition coefficient (Wildman–Crippen LogP) is 8.50. The molecule has 39 heavy (non-hydrogen) atoms. The van der Waals surface area contributed by atoms with Crippen LogP contribution in [0.4, 0.5) is 10.8 Å². The lowest BCUT2D eigenvalue weighted by Crippen LogP contribution is -2.19. The summed E-state index contributed by atoms with van der Waals surface area (Å²) in [7, 11) is 0. The Hall–Kier alpha value is -3.91. The molecule has 5 nitrogen and oxygen atoms in total. The zero-order chi connectivity index (χ0) is 27.2. The van der Waals surface area contributed by atoms with Crippen LogP contribution in [0.15, 0.2) is 113 Å². The minimum Gasteiger partial charge on any atom is -0.322 e. The van der Waals surface area contributed by atoms with Crippen molar-refractivity contribution in [3.63, 3.8) is 0 Å². The first-order chi connectivity index (χ1) is 19.0. The maximum absolute atomic E-state index is 13.5. The summed E-state index contributed by atoms with van der Waals surface area (Å²) < 4.78 is 0. The van der Waals surface area contributed by atoms with Gasteiger partial charge >= 0.3 is 0 Å². The van der Waals surface area contributed by atoms with Gasteiger partial charge in [0.2, 0.25) is 5.91 Å². The van der Waals surface area contributed by atoms with Crippen LogP contribution in [0.3, 0.4) is 0 Å². The molecular weight excluding hydrogens is 546 g/mol. The van der Waals surface area contributed by atoms with Gasteiger partial charge in [-0.3, -0.25) is 9.59 Å². The number of rotatable bonds is 8. The summed E-state index contributed by atoms with van der Waals surface area (Å²) in [6.45, 7) is 1.91. The molecular formula is C31H24ClN3O2S2. The molecule has 0 saturated heterocycles. The number of amides is 2. The summed E-state index contributed by atoms with van der Waals surface area (Å²) in [5.41, 5.74) is 4.64. The fraction of sp³-hybridized carbons (Fsp3) is 0.0645. The highest BCUT2D eigenvalue weighted by atomic mass is 35.5. The summed E-state index contributed by atoms with van der Waals surface area (Å²) in [6, 6.07) is 32.1. The van der Waals surface area contributed by atoms with Crippen molar-refractivity contribution in [1.82, 2.24) is 4.98 Å². The number of hydrogen-bond donors (Lipinski definition) is 2. The molecule has 194 valence electrons. The number of aryl methyl sites for hydroxylation is 1. The maximum Gasteiger partial charge on any atom is 0.255 e. The number of thiazole rings is 1. The van der Waals surface area contributed by atoms with Gasteiger partial charge in [-0.1, -0.05) is 78.3 Å². The van der Waals surface area contributed by atoms with E-state index >= 15 is 0 Å². The zero-order valence-electron chi connectivity index (χ0n) is 20.9. The molecule has 2 amide bonds. The van der Waals surface area contributed by atoms with Crippen LogP contribution >= 0.6 is 34.7 Å². The van der Waals surface area contributed by atoms with E-state index in [0.29, 0.717) is 27.1 Å². The van der Waals surface area contributed by atoms with E-state index in [-0.39, 0.29) is 11.8 Å². The third-order valence-electron chi connectivity index (χ3n) is 5.98. The summed E-state index contributed by atoms with van der Waals surface area (Å²) in [5, 5.41) is 8.41. The molecule has 0 aliphatic heterocycles. The number of hydrogen-bond acceptors (Lipinski definition) is 5.